The van der Waals surface area contributed by atoms with E-state index in [1.807, 2.05) is 6.92 Å². The summed E-state index contributed by atoms with van der Waals surface area (Å²) in [4.78, 5) is 12.9. The Labute approximate surface area is 169 Å². The lowest BCUT2D eigenvalue weighted by atomic mass is 10.2. The van der Waals surface area contributed by atoms with Crippen LogP contribution in [-0.4, -0.2) is 20.9 Å². The zero-order chi connectivity index (χ0) is 20.1. The van der Waals surface area contributed by atoms with Crippen LogP contribution in [0.25, 0.3) is 0 Å². The third kappa shape index (κ3) is 4.35. The summed E-state index contributed by atoms with van der Waals surface area (Å²) in [5.41, 5.74) is 1.04. The summed E-state index contributed by atoms with van der Waals surface area (Å²) in [5.74, 6) is -0.275. The van der Waals surface area contributed by atoms with Crippen molar-refractivity contribution in [2.75, 3.05) is 10.9 Å². The molecule has 7 heteroatoms. The zero-order valence-electron chi connectivity index (χ0n) is 15.1. The highest BCUT2D eigenvalue weighted by Gasteiger charge is 2.31. The molecular weight excluding hydrogens is 398 g/mol. The molecule has 1 amide bonds. The number of carbonyl (C=O) groups is 1. The number of aryl methyl sites for hydroxylation is 1. The average molecular weight is 416 g/mol. The molecule has 0 saturated carbocycles. The first-order chi connectivity index (χ1) is 13.4. The second-order valence-electron chi connectivity index (χ2n) is 6.01. The molecule has 0 fully saturated rings. The molecule has 0 radical (unpaired) electrons. The summed E-state index contributed by atoms with van der Waals surface area (Å²) in [5, 5.41) is 0.580. The highest BCUT2D eigenvalue weighted by molar-refractivity contribution is 7.93. The van der Waals surface area contributed by atoms with Gasteiger partial charge in [0.1, 0.15) is 5.75 Å². The van der Waals surface area contributed by atoms with Crippen LogP contribution in [0, 0.1) is 6.92 Å². The van der Waals surface area contributed by atoms with Crippen molar-refractivity contribution >= 4 is 33.2 Å². The van der Waals surface area contributed by atoms with Gasteiger partial charge in [0.25, 0.3) is 15.9 Å². The van der Waals surface area contributed by atoms with Gasteiger partial charge in [-0.1, -0.05) is 48.0 Å². The Hall–Kier alpha value is -2.83. The monoisotopic (exact) mass is 415 g/mol. The van der Waals surface area contributed by atoms with E-state index in [-0.39, 0.29) is 10.6 Å². The molecule has 0 heterocycles. The van der Waals surface area contributed by atoms with Crippen LogP contribution in [0.3, 0.4) is 0 Å². The summed E-state index contributed by atoms with van der Waals surface area (Å²) >= 11 is 5.99. The summed E-state index contributed by atoms with van der Waals surface area (Å²) in [6.07, 6.45) is 0. The maximum atomic E-state index is 13.1. The molecule has 0 saturated heterocycles. The number of sulfonamides is 1. The molecule has 0 unspecified atom stereocenters. The van der Waals surface area contributed by atoms with Gasteiger partial charge in [-0.15, -0.1) is 0 Å². The van der Waals surface area contributed by atoms with Crippen molar-refractivity contribution in [2.24, 2.45) is 0 Å². The Morgan fingerprint density at radius 3 is 2.18 bits per heavy atom. The number of nitrogens with zero attached hydrogens (tertiary/aromatic N) is 1. The summed E-state index contributed by atoms with van der Waals surface area (Å²) in [6, 6.07) is 21.0. The number of para-hydroxylation sites is 1. The Balaban J connectivity index is 1.91. The lowest BCUT2D eigenvalue weighted by molar-refractivity contribution is -0.119. The molecule has 3 aromatic carbocycles. The van der Waals surface area contributed by atoms with Crippen molar-refractivity contribution in [1.29, 1.82) is 0 Å². The van der Waals surface area contributed by atoms with Crippen molar-refractivity contribution in [1.82, 2.24) is 0 Å². The first kappa shape index (κ1) is 19.9. The van der Waals surface area contributed by atoms with E-state index in [9.17, 15) is 13.2 Å². The highest BCUT2D eigenvalue weighted by atomic mass is 35.5. The predicted molar refractivity (Wildman–Crippen MR) is 109 cm³/mol. The van der Waals surface area contributed by atoms with Gasteiger partial charge >= 0.3 is 0 Å². The normalized spacial score (nSPS) is 11.1. The number of ether oxygens (including phenoxy) is 1. The minimum atomic E-state index is -4.09. The lowest BCUT2D eigenvalue weighted by Crippen LogP contribution is -2.40. The van der Waals surface area contributed by atoms with Gasteiger partial charge in [-0.05, 0) is 55.0 Å². The molecule has 0 aliphatic carbocycles. The van der Waals surface area contributed by atoms with Crippen LogP contribution in [0.1, 0.15) is 5.56 Å². The molecule has 144 valence electrons. The number of halogens is 1. The molecule has 0 atom stereocenters. The van der Waals surface area contributed by atoms with Gasteiger partial charge in [0, 0.05) is 5.02 Å². The Morgan fingerprint density at radius 2 is 1.57 bits per heavy atom. The second-order valence-corrected chi connectivity index (χ2v) is 8.21. The van der Waals surface area contributed by atoms with E-state index in [1.165, 1.54) is 12.1 Å². The Kier molecular flexibility index (Phi) is 6.02. The quantitative estimate of drug-likeness (QED) is 0.596. The van der Waals surface area contributed by atoms with Crippen LogP contribution >= 0.6 is 11.6 Å². The van der Waals surface area contributed by atoms with Gasteiger partial charge in [-0.3, -0.25) is 4.79 Å². The van der Waals surface area contributed by atoms with E-state index in [1.54, 1.807) is 66.7 Å². The number of anilines is 1. The third-order valence-electron chi connectivity index (χ3n) is 3.99. The molecule has 3 aromatic rings. The van der Waals surface area contributed by atoms with Crippen LogP contribution in [0.15, 0.2) is 83.8 Å². The van der Waals surface area contributed by atoms with E-state index in [2.05, 4.69) is 0 Å². The predicted octanol–water partition coefficient (Wildman–Crippen LogP) is 4.45. The summed E-state index contributed by atoms with van der Waals surface area (Å²) in [7, 11) is -4.09. The number of carbonyl (C=O) groups excluding carboxylic acids is 1. The van der Waals surface area contributed by atoms with Crippen LogP contribution in [-0.2, 0) is 14.8 Å². The number of hydrogen-bond acceptors (Lipinski definition) is 4. The molecule has 28 heavy (non-hydrogen) atoms. The zero-order valence-corrected chi connectivity index (χ0v) is 16.7. The molecule has 0 bridgehead atoms. The molecule has 5 nitrogen and oxygen atoms in total. The first-order valence-electron chi connectivity index (χ1n) is 8.47. The fourth-order valence-corrected chi connectivity index (χ4v) is 4.14. The van der Waals surface area contributed by atoms with Crippen molar-refractivity contribution in [2.45, 2.75) is 11.8 Å². The molecule has 0 spiro atoms. The molecule has 0 aliphatic heterocycles. The minimum absolute atomic E-state index is 0.0227. The van der Waals surface area contributed by atoms with Gasteiger partial charge in [-0.25, -0.2) is 8.42 Å². The molecule has 0 N–H and O–H groups in total. The van der Waals surface area contributed by atoms with Crippen molar-refractivity contribution < 1.29 is 17.9 Å². The highest BCUT2D eigenvalue weighted by Crippen LogP contribution is 2.25. The summed E-state index contributed by atoms with van der Waals surface area (Å²) < 4.78 is 32.5. The van der Waals surface area contributed by atoms with Gasteiger partial charge in [0.05, 0.1) is 10.6 Å². The van der Waals surface area contributed by atoms with E-state index >= 15 is 0 Å². The Morgan fingerprint density at radius 1 is 0.964 bits per heavy atom. The first-order valence-corrected chi connectivity index (χ1v) is 10.3. The fourth-order valence-electron chi connectivity index (χ4n) is 2.59. The van der Waals surface area contributed by atoms with Crippen LogP contribution < -0.4 is 9.04 Å². The number of hydrogen-bond donors (Lipinski definition) is 0. The molecule has 0 aliphatic rings. The minimum Gasteiger partial charge on any atom is -0.484 e. The van der Waals surface area contributed by atoms with Gasteiger partial charge in [-0.2, -0.15) is 4.31 Å². The van der Waals surface area contributed by atoms with E-state index in [4.69, 9.17) is 16.3 Å². The van der Waals surface area contributed by atoms with Crippen LogP contribution in [0.4, 0.5) is 5.69 Å². The van der Waals surface area contributed by atoms with Crippen LogP contribution in [0.5, 0.6) is 5.75 Å². The van der Waals surface area contributed by atoms with Crippen molar-refractivity contribution in [3.8, 4) is 5.75 Å². The van der Waals surface area contributed by atoms with E-state index in [0.717, 1.165) is 9.87 Å². The SMILES string of the molecule is Cc1cc(OCC(=O)N(c2ccccc2)S(=O)(=O)c2ccccc2)ccc1Cl. The van der Waals surface area contributed by atoms with Crippen molar-refractivity contribution in [3.05, 3.63) is 89.4 Å². The third-order valence-corrected chi connectivity index (χ3v) is 6.18. The standard InChI is InChI=1S/C21H18ClNO4S/c1-16-14-18(12-13-20(16)22)27-15-21(24)23(17-8-4-2-5-9-17)28(25,26)19-10-6-3-7-11-19/h2-14H,15H2,1H3. The molecule has 0 aromatic heterocycles. The van der Waals surface area contributed by atoms with E-state index in [0.29, 0.717) is 10.8 Å². The van der Waals surface area contributed by atoms with Gasteiger partial charge in [0.2, 0.25) is 0 Å². The molecule has 3 rings (SSSR count). The number of amides is 1. The fraction of sp³-hybridized carbons (Fsp3) is 0.0952. The maximum Gasteiger partial charge on any atom is 0.278 e. The van der Waals surface area contributed by atoms with Gasteiger partial charge < -0.3 is 4.74 Å². The topological polar surface area (TPSA) is 63.7 Å². The smallest absolute Gasteiger partial charge is 0.278 e. The number of benzene rings is 3. The van der Waals surface area contributed by atoms with Crippen LogP contribution in [0.2, 0.25) is 5.02 Å². The molecular formula is C21H18ClNO4S. The maximum absolute atomic E-state index is 13.1. The van der Waals surface area contributed by atoms with E-state index < -0.39 is 22.5 Å². The van der Waals surface area contributed by atoms with Crippen molar-refractivity contribution in [3.63, 3.8) is 0 Å². The lowest BCUT2D eigenvalue weighted by Gasteiger charge is -2.22. The largest absolute Gasteiger partial charge is 0.484 e. The second kappa shape index (κ2) is 8.46. The van der Waals surface area contributed by atoms with Gasteiger partial charge in [0.15, 0.2) is 6.61 Å². The average Bonchev–Trinajstić information content (AvgIpc) is 2.70. The number of rotatable bonds is 6. The Bertz CT molecular complexity index is 1070. The summed E-state index contributed by atoms with van der Waals surface area (Å²) in [6.45, 7) is 1.37.